The molecule has 0 saturated carbocycles. The number of hydrogen-bond donors (Lipinski definition) is 1. The summed E-state index contributed by atoms with van der Waals surface area (Å²) in [7, 11) is 0. The van der Waals surface area contributed by atoms with Gasteiger partial charge in [-0.2, -0.15) is 0 Å². The lowest BCUT2D eigenvalue weighted by molar-refractivity contribution is -0.384. The maximum absolute atomic E-state index is 12.1. The van der Waals surface area contributed by atoms with Crippen LogP contribution in [-0.2, 0) is 11.2 Å². The molecule has 3 aromatic rings. The summed E-state index contributed by atoms with van der Waals surface area (Å²) in [5, 5.41) is 11.7. The van der Waals surface area contributed by atoms with Gasteiger partial charge >= 0.3 is 0 Å². The third-order valence-electron chi connectivity index (χ3n) is 3.13. The van der Waals surface area contributed by atoms with E-state index in [0.29, 0.717) is 21.2 Å². The Kier molecular flexibility index (Phi) is 4.31. The van der Waals surface area contributed by atoms with Crippen LogP contribution in [0.5, 0.6) is 0 Å². The van der Waals surface area contributed by atoms with Gasteiger partial charge in [-0.3, -0.25) is 14.9 Å². The summed E-state index contributed by atoms with van der Waals surface area (Å²) in [6, 6.07) is 11.4. The number of nitrogens with one attached hydrogen (secondary N) is 1. The zero-order chi connectivity index (χ0) is 16.4. The van der Waals surface area contributed by atoms with Crippen LogP contribution >= 0.6 is 23.4 Å². The number of fused-ring (bicyclic) bond motifs is 1. The number of aromatic nitrogens is 2. The number of H-pyrrole nitrogens is 1. The van der Waals surface area contributed by atoms with Gasteiger partial charge in [-0.15, -0.1) is 0 Å². The third kappa shape index (κ3) is 3.69. The first-order valence-electron chi connectivity index (χ1n) is 6.60. The molecule has 0 amide bonds. The van der Waals surface area contributed by atoms with Gasteiger partial charge in [0.25, 0.3) is 5.69 Å². The molecule has 116 valence electrons. The van der Waals surface area contributed by atoms with Crippen LogP contribution in [0, 0.1) is 10.1 Å². The Morgan fingerprint density at radius 3 is 2.70 bits per heavy atom. The van der Waals surface area contributed by atoms with Crippen molar-refractivity contribution in [1.82, 2.24) is 9.97 Å². The molecule has 6 nitrogen and oxygen atoms in total. The first kappa shape index (κ1) is 15.5. The number of carbonyl (C=O) groups is 1. The van der Waals surface area contributed by atoms with Gasteiger partial charge in [-0.25, -0.2) is 4.98 Å². The van der Waals surface area contributed by atoms with Crippen molar-refractivity contribution in [3.63, 3.8) is 0 Å². The van der Waals surface area contributed by atoms with E-state index in [1.807, 2.05) is 0 Å². The van der Waals surface area contributed by atoms with Crippen molar-refractivity contribution < 1.29 is 9.72 Å². The van der Waals surface area contributed by atoms with Gasteiger partial charge < -0.3 is 4.98 Å². The minimum absolute atomic E-state index is 0.0230. The molecular weight excluding hydrogens is 338 g/mol. The highest BCUT2D eigenvalue weighted by atomic mass is 35.5. The summed E-state index contributed by atoms with van der Waals surface area (Å²) in [5.41, 5.74) is 1.95. The highest BCUT2D eigenvalue weighted by Crippen LogP contribution is 2.24. The van der Waals surface area contributed by atoms with E-state index in [1.165, 1.54) is 12.1 Å². The van der Waals surface area contributed by atoms with E-state index in [9.17, 15) is 14.9 Å². The first-order valence-corrected chi connectivity index (χ1v) is 7.80. The highest BCUT2D eigenvalue weighted by Gasteiger charge is 2.13. The Morgan fingerprint density at radius 1 is 1.26 bits per heavy atom. The van der Waals surface area contributed by atoms with Crippen molar-refractivity contribution >= 4 is 45.2 Å². The van der Waals surface area contributed by atoms with E-state index in [4.69, 9.17) is 11.6 Å². The second-order valence-electron chi connectivity index (χ2n) is 4.78. The smallest absolute Gasteiger partial charge is 0.271 e. The Bertz CT molecular complexity index is 893. The van der Waals surface area contributed by atoms with Gasteiger partial charge in [0, 0.05) is 23.6 Å². The molecule has 0 unspecified atom stereocenters. The van der Waals surface area contributed by atoms with Crippen molar-refractivity contribution in [3.05, 3.63) is 63.2 Å². The Hall–Kier alpha value is -2.38. The largest absolute Gasteiger partial charge is 0.332 e. The van der Waals surface area contributed by atoms with Crippen molar-refractivity contribution in [2.45, 2.75) is 11.6 Å². The third-order valence-corrected chi connectivity index (χ3v) is 4.14. The molecule has 23 heavy (non-hydrogen) atoms. The fourth-order valence-corrected chi connectivity index (χ4v) is 2.93. The number of halogens is 1. The van der Waals surface area contributed by atoms with Crippen LogP contribution in [0.2, 0.25) is 5.02 Å². The maximum atomic E-state index is 12.1. The predicted octanol–water partition coefficient (Wildman–Crippen LogP) is 3.99. The summed E-state index contributed by atoms with van der Waals surface area (Å²) < 4.78 is 0. The lowest BCUT2D eigenvalue weighted by atomic mass is 10.2. The van der Waals surface area contributed by atoms with Crippen molar-refractivity contribution in [3.8, 4) is 0 Å². The van der Waals surface area contributed by atoms with Gasteiger partial charge in [-0.1, -0.05) is 23.7 Å². The molecule has 0 aliphatic carbocycles. The molecule has 0 fully saturated rings. The SMILES string of the molecule is O=C(Cc1ccc(Cl)cc1)Sc1nc2ccc([N+](=O)[O-])cc2[nH]1. The van der Waals surface area contributed by atoms with Crippen molar-refractivity contribution in [1.29, 1.82) is 0 Å². The number of nitro benzene ring substituents is 1. The zero-order valence-corrected chi connectivity index (χ0v) is 13.2. The van der Waals surface area contributed by atoms with E-state index in [-0.39, 0.29) is 17.2 Å². The summed E-state index contributed by atoms with van der Waals surface area (Å²) in [6.07, 6.45) is 0.249. The molecule has 1 aromatic heterocycles. The van der Waals surface area contributed by atoms with Crippen LogP contribution < -0.4 is 0 Å². The first-order chi connectivity index (χ1) is 11.0. The summed E-state index contributed by atoms with van der Waals surface area (Å²) in [5.74, 6) is 0. The Morgan fingerprint density at radius 2 is 2.00 bits per heavy atom. The number of imidazole rings is 1. The molecule has 0 aliphatic heterocycles. The molecule has 1 N–H and O–H groups in total. The number of carbonyl (C=O) groups excluding carboxylic acids is 1. The van der Waals surface area contributed by atoms with Crippen LogP contribution in [0.25, 0.3) is 11.0 Å². The molecule has 0 atom stereocenters. The van der Waals surface area contributed by atoms with E-state index in [2.05, 4.69) is 9.97 Å². The quantitative estimate of drug-likeness (QED) is 0.438. The van der Waals surface area contributed by atoms with Crippen LogP contribution in [-0.4, -0.2) is 20.0 Å². The van der Waals surface area contributed by atoms with Gasteiger partial charge in [-0.05, 0) is 35.5 Å². The second-order valence-corrected chi connectivity index (χ2v) is 6.26. The summed E-state index contributed by atoms with van der Waals surface area (Å²) in [4.78, 5) is 29.5. The Labute approximate surface area is 140 Å². The van der Waals surface area contributed by atoms with E-state index in [1.54, 1.807) is 30.3 Å². The van der Waals surface area contributed by atoms with Gasteiger partial charge in [0.2, 0.25) is 5.12 Å². The molecule has 1 heterocycles. The summed E-state index contributed by atoms with van der Waals surface area (Å²) in [6.45, 7) is 0. The number of benzene rings is 2. The number of rotatable bonds is 4. The fraction of sp³-hybridized carbons (Fsp3) is 0.0667. The lowest BCUT2D eigenvalue weighted by Gasteiger charge is -1.99. The predicted molar refractivity (Wildman–Crippen MR) is 88.8 cm³/mol. The molecular formula is C15H10ClN3O3S. The molecule has 0 bridgehead atoms. The van der Waals surface area contributed by atoms with Crippen molar-refractivity contribution in [2.24, 2.45) is 0 Å². The Balaban J connectivity index is 1.74. The molecule has 0 saturated heterocycles. The number of hydrogen-bond acceptors (Lipinski definition) is 5. The molecule has 0 spiro atoms. The average molecular weight is 348 g/mol. The monoisotopic (exact) mass is 347 g/mol. The van der Waals surface area contributed by atoms with Crippen LogP contribution in [0.15, 0.2) is 47.6 Å². The topological polar surface area (TPSA) is 88.9 Å². The van der Waals surface area contributed by atoms with E-state index in [0.717, 1.165) is 17.3 Å². The van der Waals surface area contributed by atoms with Crippen LogP contribution in [0.4, 0.5) is 5.69 Å². The van der Waals surface area contributed by atoms with Gasteiger partial charge in [0.15, 0.2) is 5.16 Å². The van der Waals surface area contributed by atoms with Crippen LogP contribution in [0.1, 0.15) is 5.56 Å². The standard InChI is InChI=1S/C15H10ClN3O3S/c16-10-3-1-9(2-4-10)7-14(20)23-15-17-12-6-5-11(19(21)22)8-13(12)18-15/h1-6,8H,7H2,(H,17,18). The van der Waals surface area contributed by atoms with Crippen molar-refractivity contribution in [2.75, 3.05) is 0 Å². The number of aromatic amines is 1. The molecule has 0 radical (unpaired) electrons. The lowest BCUT2D eigenvalue weighted by Crippen LogP contribution is -1.97. The molecule has 2 aromatic carbocycles. The number of nitro groups is 1. The van der Waals surface area contributed by atoms with E-state index < -0.39 is 4.92 Å². The minimum atomic E-state index is -0.473. The van der Waals surface area contributed by atoms with Gasteiger partial charge in [0.1, 0.15) is 0 Å². The highest BCUT2D eigenvalue weighted by molar-refractivity contribution is 8.13. The normalized spacial score (nSPS) is 10.8. The number of thioether (sulfide) groups is 1. The molecule has 3 rings (SSSR count). The molecule has 8 heteroatoms. The summed E-state index contributed by atoms with van der Waals surface area (Å²) >= 11 is 6.78. The molecule has 0 aliphatic rings. The minimum Gasteiger partial charge on any atom is -0.332 e. The number of non-ortho nitro benzene ring substituents is 1. The average Bonchev–Trinajstić information content (AvgIpc) is 2.90. The van der Waals surface area contributed by atoms with E-state index >= 15 is 0 Å². The zero-order valence-electron chi connectivity index (χ0n) is 11.7. The van der Waals surface area contributed by atoms with Gasteiger partial charge in [0.05, 0.1) is 16.0 Å². The van der Waals surface area contributed by atoms with Crippen LogP contribution in [0.3, 0.4) is 0 Å². The fourth-order valence-electron chi connectivity index (χ4n) is 2.05. The maximum Gasteiger partial charge on any atom is 0.271 e. The second kappa shape index (κ2) is 6.39. The number of nitrogens with zero attached hydrogens (tertiary/aromatic N) is 2.